The standard InChI is InChI=1S/C13H28N2O2/c1-10(2)8-12(14)13(9-16)15-6-4-11(17-3)5-7-15/h10-13,16H,4-9,14H2,1-3H3. The minimum Gasteiger partial charge on any atom is -0.395 e. The van der Waals surface area contributed by atoms with Gasteiger partial charge in [0.15, 0.2) is 0 Å². The van der Waals surface area contributed by atoms with Gasteiger partial charge in [0.05, 0.1) is 12.7 Å². The van der Waals surface area contributed by atoms with E-state index in [1.54, 1.807) is 7.11 Å². The molecular weight excluding hydrogens is 216 g/mol. The average Bonchev–Trinajstić information content (AvgIpc) is 2.30. The van der Waals surface area contributed by atoms with E-state index in [1.807, 2.05) is 0 Å². The lowest BCUT2D eigenvalue weighted by atomic mass is 9.95. The number of rotatable bonds is 6. The van der Waals surface area contributed by atoms with Crippen LogP contribution < -0.4 is 5.73 Å². The largest absolute Gasteiger partial charge is 0.395 e. The predicted molar refractivity (Wildman–Crippen MR) is 69.9 cm³/mol. The van der Waals surface area contributed by atoms with E-state index >= 15 is 0 Å². The summed E-state index contributed by atoms with van der Waals surface area (Å²) in [6, 6.07) is 0.175. The Morgan fingerprint density at radius 2 is 1.94 bits per heavy atom. The molecule has 17 heavy (non-hydrogen) atoms. The molecule has 102 valence electrons. The van der Waals surface area contributed by atoms with Crippen LogP contribution in [0.25, 0.3) is 0 Å². The highest BCUT2D eigenvalue weighted by atomic mass is 16.5. The topological polar surface area (TPSA) is 58.7 Å². The number of methoxy groups -OCH3 is 1. The Balaban J connectivity index is 2.45. The van der Waals surface area contributed by atoms with E-state index in [0.29, 0.717) is 12.0 Å². The maximum absolute atomic E-state index is 9.53. The lowest BCUT2D eigenvalue weighted by molar-refractivity contribution is 0.00921. The molecule has 0 saturated carbocycles. The van der Waals surface area contributed by atoms with Crippen molar-refractivity contribution in [3.05, 3.63) is 0 Å². The third kappa shape index (κ3) is 4.54. The predicted octanol–water partition coefficient (Wildman–Crippen LogP) is 0.832. The van der Waals surface area contributed by atoms with Gasteiger partial charge >= 0.3 is 0 Å². The number of ether oxygens (including phenoxy) is 1. The Kier molecular flexibility index (Phi) is 6.41. The quantitative estimate of drug-likeness (QED) is 0.726. The summed E-state index contributed by atoms with van der Waals surface area (Å²) < 4.78 is 5.36. The third-order valence-corrected chi connectivity index (χ3v) is 3.70. The molecule has 0 aromatic carbocycles. The minimum absolute atomic E-state index is 0.0686. The van der Waals surface area contributed by atoms with E-state index < -0.39 is 0 Å². The highest BCUT2D eigenvalue weighted by Gasteiger charge is 2.28. The van der Waals surface area contributed by atoms with Crippen molar-refractivity contribution in [1.82, 2.24) is 4.90 Å². The summed E-state index contributed by atoms with van der Waals surface area (Å²) in [4.78, 5) is 2.32. The molecule has 1 fully saturated rings. The summed E-state index contributed by atoms with van der Waals surface area (Å²) >= 11 is 0. The van der Waals surface area contributed by atoms with Crippen LogP contribution in [0.5, 0.6) is 0 Å². The number of nitrogens with two attached hydrogens (primary N) is 1. The van der Waals surface area contributed by atoms with E-state index in [2.05, 4.69) is 18.7 Å². The number of piperidine rings is 1. The first-order valence-electron chi connectivity index (χ1n) is 6.71. The molecule has 0 aromatic heterocycles. The molecule has 0 bridgehead atoms. The molecule has 0 aliphatic carbocycles. The monoisotopic (exact) mass is 244 g/mol. The lowest BCUT2D eigenvalue weighted by Gasteiger charge is -2.39. The first-order chi connectivity index (χ1) is 8.08. The van der Waals surface area contributed by atoms with Gasteiger partial charge in [-0.3, -0.25) is 4.90 Å². The van der Waals surface area contributed by atoms with Crippen molar-refractivity contribution in [3.8, 4) is 0 Å². The van der Waals surface area contributed by atoms with E-state index in [0.717, 1.165) is 32.4 Å². The molecule has 1 aliphatic heterocycles. The highest BCUT2D eigenvalue weighted by molar-refractivity contribution is 4.85. The van der Waals surface area contributed by atoms with Crippen molar-refractivity contribution in [2.75, 3.05) is 26.8 Å². The molecule has 0 radical (unpaired) electrons. The zero-order chi connectivity index (χ0) is 12.8. The molecule has 0 amide bonds. The second kappa shape index (κ2) is 7.31. The molecule has 4 heteroatoms. The summed E-state index contributed by atoms with van der Waals surface area (Å²) in [5, 5.41) is 9.53. The van der Waals surface area contributed by atoms with Gasteiger partial charge in [-0.15, -0.1) is 0 Å². The van der Waals surface area contributed by atoms with Gasteiger partial charge in [-0.05, 0) is 25.2 Å². The van der Waals surface area contributed by atoms with Gasteiger partial charge in [0, 0.05) is 32.3 Å². The number of aliphatic hydroxyl groups excluding tert-OH is 1. The number of nitrogens with zero attached hydrogens (tertiary/aromatic N) is 1. The van der Waals surface area contributed by atoms with Gasteiger partial charge in [-0.1, -0.05) is 13.8 Å². The molecule has 4 nitrogen and oxygen atoms in total. The fraction of sp³-hybridized carbons (Fsp3) is 1.00. The molecule has 2 unspecified atom stereocenters. The molecule has 1 aliphatic rings. The Morgan fingerprint density at radius 3 is 2.35 bits per heavy atom. The number of hydrogen-bond acceptors (Lipinski definition) is 4. The molecule has 1 heterocycles. The molecule has 3 N–H and O–H groups in total. The van der Waals surface area contributed by atoms with Crippen molar-refractivity contribution in [3.63, 3.8) is 0 Å². The zero-order valence-electron chi connectivity index (χ0n) is 11.4. The van der Waals surface area contributed by atoms with E-state index in [4.69, 9.17) is 10.5 Å². The van der Waals surface area contributed by atoms with Crippen molar-refractivity contribution in [1.29, 1.82) is 0 Å². The third-order valence-electron chi connectivity index (χ3n) is 3.70. The second-order valence-corrected chi connectivity index (χ2v) is 5.51. The van der Waals surface area contributed by atoms with Gasteiger partial charge in [0.1, 0.15) is 0 Å². The van der Waals surface area contributed by atoms with Gasteiger partial charge in [0.2, 0.25) is 0 Å². The lowest BCUT2D eigenvalue weighted by Crippen LogP contribution is -2.53. The molecule has 1 rings (SSSR count). The van der Waals surface area contributed by atoms with E-state index in [9.17, 15) is 5.11 Å². The molecule has 0 aromatic rings. The van der Waals surface area contributed by atoms with Crippen LogP contribution in [-0.2, 0) is 4.74 Å². The maximum Gasteiger partial charge on any atom is 0.0601 e. The Bertz CT molecular complexity index is 204. The summed E-state index contributed by atoms with van der Waals surface area (Å²) in [7, 11) is 1.77. The van der Waals surface area contributed by atoms with Crippen molar-refractivity contribution in [2.45, 2.75) is 51.3 Å². The fourth-order valence-electron chi connectivity index (χ4n) is 2.67. The van der Waals surface area contributed by atoms with E-state index in [-0.39, 0.29) is 18.7 Å². The van der Waals surface area contributed by atoms with Crippen LogP contribution in [0.2, 0.25) is 0 Å². The number of likely N-dealkylation sites (tertiary alicyclic amines) is 1. The zero-order valence-corrected chi connectivity index (χ0v) is 11.4. The minimum atomic E-state index is 0.0686. The van der Waals surface area contributed by atoms with Crippen LogP contribution >= 0.6 is 0 Å². The SMILES string of the molecule is COC1CCN(C(CO)C(N)CC(C)C)CC1. The van der Waals surface area contributed by atoms with Crippen molar-refractivity contribution in [2.24, 2.45) is 11.7 Å². The second-order valence-electron chi connectivity index (χ2n) is 5.51. The smallest absolute Gasteiger partial charge is 0.0601 e. The Labute approximate surface area is 105 Å². The van der Waals surface area contributed by atoms with Gasteiger partial charge in [0.25, 0.3) is 0 Å². The molecule has 0 spiro atoms. The molecule has 1 saturated heterocycles. The van der Waals surface area contributed by atoms with Crippen LogP contribution in [0.4, 0.5) is 0 Å². The van der Waals surface area contributed by atoms with Gasteiger partial charge in [-0.2, -0.15) is 0 Å². The van der Waals surface area contributed by atoms with Crippen molar-refractivity contribution < 1.29 is 9.84 Å². The van der Waals surface area contributed by atoms with Crippen LogP contribution in [0.1, 0.15) is 33.1 Å². The molecule has 2 atom stereocenters. The van der Waals surface area contributed by atoms with Gasteiger partial charge < -0.3 is 15.6 Å². The first kappa shape index (κ1) is 14.9. The number of aliphatic hydroxyl groups is 1. The Hall–Kier alpha value is -0.160. The fourth-order valence-corrected chi connectivity index (χ4v) is 2.67. The van der Waals surface area contributed by atoms with Crippen molar-refractivity contribution >= 4 is 0 Å². The first-order valence-corrected chi connectivity index (χ1v) is 6.71. The van der Waals surface area contributed by atoms with Crippen LogP contribution in [0.15, 0.2) is 0 Å². The van der Waals surface area contributed by atoms with E-state index in [1.165, 1.54) is 0 Å². The summed E-state index contributed by atoms with van der Waals surface area (Å²) in [5.41, 5.74) is 6.19. The Morgan fingerprint density at radius 1 is 1.35 bits per heavy atom. The number of hydrogen-bond donors (Lipinski definition) is 2. The highest BCUT2D eigenvalue weighted by Crippen LogP contribution is 2.18. The maximum atomic E-state index is 9.53. The normalized spacial score (nSPS) is 22.9. The summed E-state index contributed by atoms with van der Waals surface area (Å²) in [6.07, 6.45) is 3.44. The van der Waals surface area contributed by atoms with Crippen LogP contribution in [0.3, 0.4) is 0 Å². The summed E-state index contributed by atoms with van der Waals surface area (Å²) in [5.74, 6) is 0.579. The van der Waals surface area contributed by atoms with Crippen LogP contribution in [-0.4, -0.2) is 55.0 Å². The van der Waals surface area contributed by atoms with Crippen LogP contribution in [0, 0.1) is 5.92 Å². The van der Waals surface area contributed by atoms with Gasteiger partial charge in [-0.25, -0.2) is 0 Å². The summed E-state index contributed by atoms with van der Waals surface area (Å²) in [6.45, 7) is 6.47. The molecular formula is C13H28N2O2. The average molecular weight is 244 g/mol.